The minimum Gasteiger partial charge on any atom is -0.481 e. The molecule has 216 valence electrons. The minimum atomic E-state index is -0.757. The Balaban J connectivity index is 0.000000470. The van der Waals surface area contributed by atoms with Crippen LogP contribution in [-0.2, 0) is 9.59 Å². The number of benzene rings is 1. The summed E-state index contributed by atoms with van der Waals surface area (Å²) >= 11 is 12.5. The van der Waals surface area contributed by atoms with Crippen molar-refractivity contribution < 1.29 is 14.7 Å². The number of nitrogens with zero attached hydrogens (tertiary/aromatic N) is 6. The monoisotopic (exact) mass is 589 g/mol. The summed E-state index contributed by atoms with van der Waals surface area (Å²) in [6.45, 7) is 10.8. The van der Waals surface area contributed by atoms with Gasteiger partial charge < -0.3 is 20.2 Å². The molecule has 2 N–H and O–H groups in total. The highest BCUT2D eigenvalue weighted by atomic mass is 35.5. The van der Waals surface area contributed by atoms with E-state index in [-0.39, 0.29) is 18.0 Å². The van der Waals surface area contributed by atoms with Crippen LogP contribution < -0.4 is 10.2 Å². The van der Waals surface area contributed by atoms with Crippen LogP contribution in [0.25, 0.3) is 11.2 Å². The molecule has 0 bridgehead atoms. The van der Waals surface area contributed by atoms with Gasteiger partial charge in [0.1, 0.15) is 11.3 Å². The number of amides is 1. The lowest BCUT2D eigenvalue weighted by molar-refractivity contribution is -0.145. The molecule has 40 heavy (non-hydrogen) atoms. The number of hydrogen-bond acceptors (Lipinski definition) is 7. The predicted octanol–water partition coefficient (Wildman–Crippen LogP) is 4.65. The molecule has 2 unspecified atom stereocenters. The lowest BCUT2D eigenvalue weighted by atomic mass is 9.98. The zero-order valence-corrected chi connectivity index (χ0v) is 24.9. The zero-order valence-electron chi connectivity index (χ0n) is 23.4. The molecular formula is C28H37Cl2N7O3. The summed E-state index contributed by atoms with van der Waals surface area (Å²) in [6, 6.07) is 5.32. The number of rotatable bonds is 4. The highest BCUT2D eigenvalue weighted by Gasteiger charge is 2.29. The average Bonchev–Trinajstić information content (AvgIpc) is 3.36. The molecule has 3 aromatic rings. The molecule has 2 atom stereocenters. The van der Waals surface area contributed by atoms with Crippen molar-refractivity contribution >= 4 is 52.1 Å². The molecule has 0 saturated carbocycles. The molecule has 2 fully saturated rings. The number of carbonyl (C=O) groups is 2. The molecule has 2 aromatic heterocycles. The summed E-state index contributed by atoms with van der Waals surface area (Å²) in [6.07, 6.45) is 6.71. The third-order valence-corrected chi connectivity index (χ3v) is 7.80. The number of halogens is 2. The van der Waals surface area contributed by atoms with E-state index in [0.29, 0.717) is 28.8 Å². The fourth-order valence-electron chi connectivity index (χ4n) is 4.66. The van der Waals surface area contributed by atoms with Crippen LogP contribution in [0.1, 0.15) is 58.6 Å². The standard InChI is InChI=1S/C23H27Cl2N7O.C5H10O2/c1-15(17-6-5-16(24)12-18(17)25)32-22-20(13-28-32)27-14-21(29-22)30-8-10-31(11-9-30)23(33)19-4-2-3-7-26-19;1-5(2,3)4(6)7/h5-6,12-15,19,26H,2-4,7-11H2,1H3;1-3H3,(H,6,7). The van der Waals surface area contributed by atoms with Gasteiger partial charge in [0.05, 0.1) is 29.9 Å². The molecule has 5 rings (SSSR count). The SMILES string of the molecule is CC(C)(C)C(=O)O.CC(c1ccc(Cl)cc1Cl)n1ncc2ncc(N3CCN(C(=O)C4CCCCN4)CC3)nc21. The molecule has 0 spiro atoms. The second-order valence-electron chi connectivity index (χ2n) is 11.2. The van der Waals surface area contributed by atoms with Gasteiger partial charge in [-0.2, -0.15) is 5.10 Å². The van der Waals surface area contributed by atoms with E-state index >= 15 is 0 Å². The Morgan fingerprint density at radius 2 is 1.80 bits per heavy atom. The molecule has 0 aliphatic carbocycles. The molecule has 12 heteroatoms. The fraction of sp³-hybridized carbons (Fsp3) is 0.536. The number of carboxylic acids is 1. The number of nitrogens with one attached hydrogen (secondary N) is 1. The first-order chi connectivity index (χ1) is 19.0. The van der Waals surface area contributed by atoms with Crippen molar-refractivity contribution in [3.05, 3.63) is 46.2 Å². The minimum absolute atomic E-state index is 0.0306. The number of piperazine rings is 1. The van der Waals surface area contributed by atoms with E-state index < -0.39 is 11.4 Å². The van der Waals surface area contributed by atoms with Crippen LogP contribution in [0, 0.1) is 5.41 Å². The van der Waals surface area contributed by atoms with Crippen molar-refractivity contribution in [3.63, 3.8) is 0 Å². The lowest BCUT2D eigenvalue weighted by Crippen LogP contribution is -2.55. The van der Waals surface area contributed by atoms with Gasteiger partial charge in [-0.15, -0.1) is 0 Å². The second kappa shape index (κ2) is 12.7. The Morgan fingerprint density at radius 3 is 2.40 bits per heavy atom. The summed E-state index contributed by atoms with van der Waals surface area (Å²) < 4.78 is 1.84. The van der Waals surface area contributed by atoms with E-state index in [1.165, 1.54) is 0 Å². The van der Waals surface area contributed by atoms with Crippen LogP contribution in [-0.4, -0.2) is 80.4 Å². The van der Waals surface area contributed by atoms with Crippen molar-refractivity contribution in [1.29, 1.82) is 0 Å². The maximum absolute atomic E-state index is 12.8. The third-order valence-electron chi connectivity index (χ3n) is 7.23. The topological polar surface area (TPSA) is 116 Å². The third kappa shape index (κ3) is 7.03. The van der Waals surface area contributed by atoms with Gasteiger partial charge in [-0.25, -0.2) is 14.6 Å². The number of piperidine rings is 1. The number of aliphatic carboxylic acids is 1. The van der Waals surface area contributed by atoms with E-state index in [1.54, 1.807) is 39.2 Å². The summed E-state index contributed by atoms with van der Waals surface area (Å²) in [5.41, 5.74) is 1.77. The van der Waals surface area contributed by atoms with E-state index in [2.05, 4.69) is 20.3 Å². The highest BCUT2D eigenvalue weighted by Crippen LogP contribution is 2.30. The number of carbonyl (C=O) groups excluding carboxylic acids is 1. The fourth-order valence-corrected chi connectivity index (χ4v) is 5.22. The van der Waals surface area contributed by atoms with E-state index in [1.807, 2.05) is 28.6 Å². The van der Waals surface area contributed by atoms with Crippen LogP contribution in [0.5, 0.6) is 0 Å². The zero-order chi connectivity index (χ0) is 29.0. The van der Waals surface area contributed by atoms with Crippen LogP contribution in [0.4, 0.5) is 5.82 Å². The lowest BCUT2D eigenvalue weighted by Gasteiger charge is -2.37. The summed E-state index contributed by atoms with van der Waals surface area (Å²) in [5, 5.41) is 17.3. The summed E-state index contributed by atoms with van der Waals surface area (Å²) in [4.78, 5) is 36.5. The number of carboxylic acid groups (broad SMARTS) is 1. The molecule has 2 saturated heterocycles. The molecule has 2 aliphatic rings. The van der Waals surface area contributed by atoms with Crippen molar-refractivity contribution in [3.8, 4) is 0 Å². The number of hydrogen-bond donors (Lipinski definition) is 2. The Morgan fingerprint density at radius 1 is 1.10 bits per heavy atom. The Hall–Kier alpha value is -2.95. The van der Waals surface area contributed by atoms with Gasteiger partial charge in [0.25, 0.3) is 0 Å². The number of aromatic nitrogens is 4. The van der Waals surface area contributed by atoms with Crippen molar-refractivity contribution in [2.24, 2.45) is 5.41 Å². The average molecular weight is 591 g/mol. The normalized spacial score (nSPS) is 18.7. The summed E-state index contributed by atoms with van der Waals surface area (Å²) in [5.74, 6) is 0.261. The molecule has 0 radical (unpaired) electrons. The molecule has 2 aliphatic heterocycles. The number of fused-ring (bicyclic) bond motifs is 1. The van der Waals surface area contributed by atoms with Crippen LogP contribution in [0.15, 0.2) is 30.6 Å². The predicted molar refractivity (Wildman–Crippen MR) is 157 cm³/mol. The van der Waals surface area contributed by atoms with Gasteiger partial charge in [-0.3, -0.25) is 9.59 Å². The van der Waals surface area contributed by atoms with E-state index in [9.17, 15) is 9.59 Å². The molecule has 1 aromatic carbocycles. The highest BCUT2D eigenvalue weighted by molar-refractivity contribution is 6.35. The first kappa shape index (κ1) is 30.0. The second-order valence-corrected chi connectivity index (χ2v) is 12.1. The smallest absolute Gasteiger partial charge is 0.308 e. The Bertz CT molecular complexity index is 1340. The van der Waals surface area contributed by atoms with Crippen LogP contribution in [0.3, 0.4) is 0 Å². The van der Waals surface area contributed by atoms with Crippen LogP contribution in [0.2, 0.25) is 10.0 Å². The van der Waals surface area contributed by atoms with Gasteiger partial charge in [0.2, 0.25) is 5.91 Å². The van der Waals surface area contributed by atoms with Crippen molar-refractivity contribution in [2.45, 2.75) is 59.0 Å². The van der Waals surface area contributed by atoms with Gasteiger partial charge in [0, 0.05) is 36.2 Å². The van der Waals surface area contributed by atoms with Crippen molar-refractivity contribution in [1.82, 2.24) is 30.0 Å². The maximum atomic E-state index is 12.8. The maximum Gasteiger partial charge on any atom is 0.308 e. The summed E-state index contributed by atoms with van der Waals surface area (Å²) in [7, 11) is 0. The molecular weight excluding hydrogens is 553 g/mol. The van der Waals surface area contributed by atoms with Crippen LogP contribution >= 0.6 is 23.2 Å². The number of anilines is 1. The van der Waals surface area contributed by atoms with Gasteiger partial charge >= 0.3 is 5.97 Å². The van der Waals surface area contributed by atoms with E-state index in [4.69, 9.17) is 33.3 Å². The van der Waals surface area contributed by atoms with Crippen molar-refractivity contribution in [2.75, 3.05) is 37.6 Å². The molecule has 4 heterocycles. The first-order valence-electron chi connectivity index (χ1n) is 13.6. The Kier molecular flexibility index (Phi) is 9.53. The van der Waals surface area contributed by atoms with Gasteiger partial charge in [-0.1, -0.05) is 35.7 Å². The molecule has 10 nitrogen and oxygen atoms in total. The van der Waals surface area contributed by atoms with Gasteiger partial charge in [-0.05, 0) is 64.8 Å². The Labute approximate surface area is 244 Å². The van der Waals surface area contributed by atoms with E-state index in [0.717, 1.165) is 55.8 Å². The largest absolute Gasteiger partial charge is 0.481 e. The van der Waals surface area contributed by atoms with Gasteiger partial charge in [0.15, 0.2) is 5.65 Å². The quantitative estimate of drug-likeness (QED) is 0.451. The first-order valence-corrected chi connectivity index (χ1v) is 14.4. The molecule has 1 amide bonds.